The average Bonchev–Trinajstić information content (AvgIpc) is 3.70. The molecule has 14 heteroatoms. The van der Waals surface area contributed by atoms with Gasteiger partial charge in [-0.05, 0) is 62.4 Å². The number of quaternary nitrogens is 1. The van der Waals surface area contributed by atoms with Gasteiger partial charge < -0.3 is 14.6 Å². The Kier molecular flexibility index (Phi) is 7.99. The van der Waals surface area contributed by atoms with Crippen molar-refractivity contribution in [2.75, 3.05) is 14.1 Å². The third-order valence-electron chi connectivity index (χ3n) is 7.08. The number of hydrogen-bond acceptors (Lipinski definition) is 6. The third-order valence-corrected chi connectivity index (χ3v) is 7.08. The molecule has 0 saturated heterocycles. The Morgan fingerprint density at radius 1 is 1.09 bits per heavy atom. The fourth-order valence-electron chi connectivity index (χ4n) is 5.00. The van der Waals surface area contributed by atoms with Crippen molar-refractivity contribution in [2.24, 2.45) is 7.05 Å². The van der Waals surface area contributed by atoms with Crippen LogP contribution in [0.3, 0.4) is 0 Å². The molecule has 232 valence electrons. The Labute approximate surface area is 255 Å². The molecule has 0 bridgehead atoms. The number of rotatable bonds is 8. The number of alkyl halides is 3. The van der Waals surface area contributed by atoms with E-state index in [0.29, 0.717) is 29.2 Å². The lowest BCUT2D eigenvalue weighted by Crippen LogP contribution is -3.04. The van der Waals surface area contributed by atoms with Crippen molar-refractivity contribution in [1.82, 2.24) is 29.4 Å². The molecule has 0 aliphatic heterocycles. The van der Waals surface area contributed by atoms with Crippen molar-refractivity contribution in [2.45, 2.75) is 32.1 Å². The molecule has 0 radical (unpaired) electrons. The zero-order valence-electron chi connectivity index (χ0n) is 25.1. The average molecular weight is 620 g/mol. The molecule has 0 fully saturated rings. The van der Waals surface area contributed by atoms with Crippen molar-refractivity contribution in [3.8, 4) is 28.8 Å². The molecule has 0 unspecified atom stereocenters. The van der Waals surface area contributed by atoms with E-state index >= 15 is 0 Å². The smallest absolute Gasteiger partial charge is 0.416 e. The molecule has 3 heterocycles. The molecule has 0 aliphatic rings. The molecule has 45 heavy (non-hydrogen) atoms. The summed E-state index contributed by atoms with van der Waals surface area (Å²) < 4.78 is 50.6. The first-order valence-electron chi connectivity index (χ1n) is 13.8. The number of carbonyl (C=O) groups is 1. The van der Waals surface area contributed by atoms with Crippen LogP contribution in [-0.2, 0) is 25.3 Å². The predicted octanol–water partition coefficient (Wildman–Crippen LogP) is 3.22. The largest absolute Gasteiger partial charge is 0.437 e. The number of amides is 1. The standard InChI is InChI=1S/C31H29F3N8O3/c1-30(2,29-36-17-23(45-29)18-39(3)4)38-27(43)25-26(24-13-14-37-41(24)21-11-9-19(16-35)10-12-21)40(5)42(28(25)44)22-8-6-7-20(15-22)31(32,33)34/h6-15,17H,18H2,1-5H3,(H,38,43)/p+1. The van der Waals surface area contributed by atoms with Gasteiger partial charge in [0.2, 0.25) is 5.89 Å². The van der Waals surface area contributed by atoms with E-state index in [2.05, 4.69) is 15.4 Å². The summed E-state index contributed by atoms with van der Waals surface area (Å²) in [5.41, 5.74) is -2.06. The van der Waals surface area contributed by atoms with Gasteiger partial charge in [-0.3, -0.25) is 14.3 Å². The molecule has 0 spiro atoms. The monoisotopic (exact) mass is 619 g/mol. The van der Waals surface area contributed by atoms with E-state index in [4.69, 9.17) is 4.42 Å². The van der Waals surface area contributed by atoms with Crippen LogP contribution in [0.5, 0.6) is 0 Å². The lowest BCUT2D eigenvalue weighted by atomic mass is 10.0. The number of nitrogens with zero attached hydrogens (tertiary/aromatic N) is 6. The van der Waals surface area contributed by atoms with Crippen molar-refractivity contribution in [3.05, 3.63) is 106 Å². The Bertz CT molecular complexity index is 1970. The number of benzene rings is 2. The van der Waals surface area contributed by atoms with Crippen LogP contribution in [-0.4, -0.2) is 44.1 Å². The minimum absolute atomic E-state index is 0.0927. The molecule has 2 N–H and O–H groups in total. The second kappa shape index (κ2) is 11.6. The highest BCUT2D eigenvalue weighted by Gasteiger charge is 2.35. The summed E-state index contributed by atoms with van der Waals surface area (Å²) in [6.07, 6.45) is -1.62. The van der Waals surface area contributed by atoms with E-state index in [9.17, 15) is 28.0 Å². The second-order valence-electron chi connectivity index (χ2n) is 11.3. The van der Waals surface area contributed by atoms with Crippen molar-refractivity contribution < 1.29 is 27.3 Å². The minimum Gasteiger partial charge on any atom is -0.437 e. The van der Waals surface area contributed by atoms with E-state index < -0.39 is 28.7 Å². The van der Waals surface area contributed by atoms with Gasteiger partial charge in [0.1, 0.15) is 23.3 Å². The maximum Gasteiger partial charge on any atom is 0.416 e. The first-order valence-corrected chi connectivity index (χ1v) is 13.8. The van der Waals surface area contributed by atoms with Gasteiger partial charge in [0.25, 0.3) is 11.5 Å². The number of nitriles is 1. The van der Waals surface area contributed by atoms with Crippen molar-refractivity contribution in [3.63, 3.8) is 0 Å². The normalized spacial score (nSPS) is 12.0. The molecule has 5 aromatic rings. The zero-order chi connectivity index (χ0) is 32.7. The highest BCUT2D eigenvalue weighted by atomic mass is 19.4. The number of carbonyl (C=O) groups excluding carboxylic acids is 1. The maximum absolute atomic E-state index is 14.1. The number of hydrogen-bond donors (Lipinski definition) is 2. The highest BCUT2D eigenvalue weighted by Crippen LogP contribution is 2.32. The fraction of sp³-hybridized carbons (Fsp3) is 0.258. The van der Waals surface area contributed by atoms with Crippen LogP contribution in [0.15, 0.2) is 76.2 Å². The molecule has 5 rings (SSSR count). The summed E-state index contributed by atoms with van der Waals surface area (Å²) in [6.45, 7) is 3.89. The zero-order valence-corrected chi connectivity index (χ0v) is 25.1. The maximum atomic E-state index is 14.1. The lowest BCUT2D eigenvalue weighted by Gasteiger charge is -2.22. The summed E-state index contributed by atoms with van der Waals surface area (Å²) in [6, 6.07) is 14.4. The van der Waals surface area contributed by atoms with Crippen molar-refractivity contribution >= 4 is 5.91 Å². The number of halogens is 3. The molecule has 2 aromatic carbocycles. The molecule has 11 nitrogen and oxygen atoms in total. The predicted molar refractivity (Wildman–Crippen MR) is 157 cm³/mol. The Balaban J connectivity index is 1.67. The van der Waals surface area contributed by atoms with E-state index in [1.807, 2.05) is 20.2 Å². The van der Waals surface area contributed by atoms with Gasteiger partial charge in [-0.15, -0.1) is 0 Å². The summed E-state index contributed by atoms with van der Waals surface area (Å²) in [7, 11) is 5.37. The Hall–Kier alpha value is -5.42. The van der Waals surface area contributed by atoms with E-state index in [1.165, 1.54) is 34.7 Å². The Morgan fingerprint density at radius 3 is 2.44 bits per heavy atom. The second-order valence-corrected chi connectivity index (χ2v) is 11.3. The van der Waals surface area contributed by atoms with Gasteiger partial charge in [0.05, 0.1) is 60.8 Å². The van der Waals surface area contributed by atoms with Crippen LogP contribution in [0.1, 0.15) is 47.0 Å². The lowest BCUT2D eigenvalue weighted by molar-refractivity contribution is -0.873. The van der Waals surface area contributed by atoms with Gasteiger partial charge in [0.15, 0.2) is 5.76 Å². The molecule has 0 aliphatic carbocycles. The van der Waals surface area contributed by atoms with Crippen LogP contribution in [0.4, 0.5) is 13.2 Å². The van der Waals surface area contributed by atoms with Gasteiger partial charge in [0, 0.05) is 7.05 Å². The van der Waals surface area contributed by atoms with Gasteiger partial charge >= 0.3 is 6.18 Å². The molecular weight excluding hydrogens is 589 g/mol. The first kappa shape index (κ1) is 31.0. The van der Waals surface area contributed by atoms with E-state index in [0.717, 1.165) is 21.7 Å². The topological polar surface area (TPSA) is 128 Å². The summed E-state index contributed by atoms with van der Waals surface area (Å²) in [4.78, 5) is 33.6. The van der Waals surface area contributed by atoms with Gasteiger partial charge in [-0.25, -0.2) is 14.3 Å². The van der Waals surface area contributed by atoms with Gasteiger partial charge in [-0.2, -0.15) is 23.5 Å². The van der Waals surface area contributed by atoms with Crippen LogP contribution >= 0.6 is 0 Å². The molecule has 1 amide bonds. The molecule has 0 atom stereocenters. The van der Waals surface area contributed by atoms with Crippen LogP contribution in [0.2, 0.25) is 0 Å². The quantitative estimate of drug-likeness (QED) is 0.275. The third kappa shape index (κ3) is 6.02. The first-order chi connectivity index (χ1) is 21.2. The molecule has 3 aromatic heterocycles. The fourth-order valence-corrected chi connectivity index (χ4v) is 5.00. The van der Waals surface area contributed by atoms with Crippen molar-refractivity contribution in [1.29, 1.82) is 5.26 Å². The summed E-state index contributed by atoms with van der Waals surface area (Å²) in [5.74, 6) is 0.0169. The van der Waals surface area contributed by atoms with E-state index in [1.54, 1.807) is 50.4 Å². The Morgan fingerprint density at radius 2 is 1.80 bits per heavy atom. The van der Waals surface area contributed by atoms with Crippen LogP contribution in [0.25, 0.3) is 22.8 Å². The van der Waals surface area contributed by atoms with Crippen LogP contribution < -0.4 is 15.8 Å². The SMILES string of the molecule is Cn1c(-c2ccnn2-c2ccc(C#N)cc2)c(C(=O)NC(C)(C)c2ncc(C[NH+](C)C)o2)c(=O)n1-c1cccc(C(F)(F)F)c1. The number of aromatic nitrogens is 5. The summed E-state index contributed by atoms with van der Waals surface area (Å²) in [5, 5.41) is 16.4. The molecule has 0 saturated carbocycles. The number of oxazole rings is 1. The van der Waals surface area contributed by atoms with Gasteiger partial charge in [-0.1, -0.05) is 6.07 Å². The summed E-state index contributed by atoms with van der Waals surface area (Å²) >= 11 is 0. The van der Waals surface area contributed by atoms with E-state index in [-0.39, 0.29) is 22.8 Å². The number of nitrogens with one attached hydrogen (secondary N) is 2. The molecular formula is C31H30F3N8O3+. The highest BCUT2D eigenvalue weighted by molar-refractivity contribution is 6.00. The minimum atomic E-state index is -4.66. The van der Waals surface area contributed by atoms with Crippen LogP contribution in [0, 0.1) is 11.3 Å².